The van der Waals surface area contributed by atoms with Gasteiger partial charge in [-0.2, -0.15) is 13.2 Å². The summed E-state index contributed by atoms with van der Waals surface area (Å²) in [7, 11) is 0. The summed E-state index contributed by atoms with van der Waals surface area (Å²) in [4.78, 5) is 18.0. The van der Waals surface area contributed by atoms with Gasteiger partial charge in [0.2, 0.25) is 0 Å². The quantitative estimate of drug-likeness (QED) is 0.477. The number of aromatic nitrogens is 2. The summed E-state index contributed by atoms with van der Waals surface area (Å²) in [5, 5.41) is -0.286. The molecule has 9 heteroatoms. The summed E-state index contributed by atoms with van der Waals surface area (Å²) < 4.78 is 39.7. The molecule has 1 aromatic heterocycles. The van der Waals surface area contributed by atoms with Crippen molar-refractivity contribution in [2.45, 2.75) is 12.6 Å². The van der Waals surface area contributed by atoms with E-state index in [1.54, 1.807) is 0 Å². The summed E-state index contributed by atoms with van der Waals surface area (Å²) in [5.74, 6) is 0.109. The van der Waals surface area contributed by atoms with Crippen molar-refractivity contribution in [3.05, 3.63) is 21.7 Å². The van der Waals surface area contributed by atoms with Crippen molar-refractivity contribution in [1.29, 1.82) is 0 Å². The van der Waals surface area contributed by atoms with Gasteiger partial charge in [-0.1, -0.05) is 23.2 Å². The van der Waals surface area contributed by atoms with Crippen LogP contribution < -0.4 is 0 Å². The highest BCUT2D eigenvalue weighted by atomic mass is 35.5. The van der Waals surface area contributed by atoms with E-state index in [0.29, 0.717) is 6.29 Å². The minimum Gasteiger partial charge on any atom is -0.372 e. The third-order valence-corrected chi connectivity index (χ3v) is 2.33. The molecule has 0 aliphatic carbocycles. The van der Waals surface area contributed by atoms with Crippen LogP contribution in [0, 0.1) is 0 Å². The second-order valence-corrected chi connectivity index (χ2v) is 3.89. The summed E-state index contributed by atoms with van der Waals surface area (Å²) in [6.45, 7) is -1.58. The van der Waals surface area contributed by atoms with E-state index >= 15 is 0 Å². The van der Waals surface area contributed by atoms with E-state index in [2.05, 4.69) is 14.7 Å². The SMILES string of the molecule is O=Cc1c(Cl)nc(CCOCC(F)(F)F)nc1Cl. The van der Waals surface area contributed by atoms with Gasteiger partial charge in [0.25, 0.3) is 0 Å². The number of halogens is 5. The fraction of sp³-hybridized carbons (Fsp3) is 0.444. The smallest absolute Gasteiger partial charge is 0.372 e. The minimum absolute atomic E-state index is 0.00859. The lowest BCUT2D eigenvalue weighted by molar-refractivity contribution is -0.173. The fourth-order valence-corrected chi connectivity index (χ4v) is 1.53. The van der Waals surface area contributed by atoms with Crippen molar-refractivity contribution in [3.8, 4) is 0 Å². The van der Waals surface area contributed by atoms with Crippen LogP contribution in [0.1, 0.15) is 16.2 Å². The summed E-state index contributed by atoms with van der Waals surface area (Å²) in [6, 6.07) is 0. The topological polar surface area (TPSA) is 52.1 Å². The molecule has 0 aliphatic rings. The lowest BCUT2D eigenvalue weighted by Crippen LogP contribution is -2.18. The van der Waals surface area contributed by atoms with E-state index in [0.717, 1.165) is 0 Å². The van der Waals surface area contributed by atoms with Crippen molar-refractivity contribution >= 4 is 29.5 Å². The monoisotopic (exact) mass is 302 g/mol. The average Bonchev–Trinajstić information content (AvgIpc) is 2.23. The summed E-state index contributed by atoms with van der Waals surface area (Å²) in [6.07, 6.45) is -3.97. The van der Waals surface area contributed by atoms with Gasteiger partial charge in [-0.25, -0.2) is 9.97 Å². The first-order chi connectivity index (χ1) is 8.33. The first kappa shape index (κ1) is 15.1. The zero-order valence-electron chi connectivity index (χ0n) is 8.80. The normalized spacial score (nSPS) is 11.6. The molecule has 0 radical (unpaired) electrons. The molecule has 0 aromatic carbocycles. The van der Waals surface area contributed by atoms with Crippen molar-refractivity contribution in [3.63, 3.8) is 0 Å². The molecule has 4 nitrogen and oxygen atoms in total. The lowest BCUT2D eigenvalue weighted by Gasteiger charge is -2.07. The molecule has 0 amide bonds. The Morgan fingerprint density at radius 3 is 2.22 bits per heavy atom. The number of nitrogens with zero attached hydrogens (tertiary/aromatic N) is 2. The number of hydrogen-bond acceptors (Lipinski definition) is 4. The van der Waals surface area contributed by atoms with Crippen LogP contribution in [-0.4, -0.2) is 35.6 Å². The molecule has 0 unspecified atom stereocenters. The number of carbonyl (C=O) groups excluding carboxylic acids is 1. The van der Waals surface area contributed by atoms with Gasteiger partial charge in [-0.05, 0) is 0 Å². The Labute approximate surface area is 110 Å². The number of aldehydes is 1. The zero-order valence-corrected chi connectivity index (χ0v) is 10.3. The van der Waals surface area contributed by atoms with Crippen molar-refractivity contribution in [2.75, 3.05) is 13.2 Å². The predicted octanol–water partition coefficient (Wildman–Crippen LogP) is 2.72. The number of alkyl halides is 3. The van der Waals surface area contributed by atoms with Gasteiger partial charge >= 0.3 is 6.18 Å². The standard InChI is InChI=1S/C9H7Cl2F3N2O2/c10-7-5(3-17)8(11)16-6(15-7)1-2-18-4-9(12,13)14/h3H,1-2,4H2. The van der Waals surface area contributed by atoms with Gasteiger partial charge in [-0.3, -0.25) is 4.79 Å². The van der Waals surface area contributed by atoms with Gasteiger partial charge in [0.1, 0.15) is 22.7 Å². The highest BCUT2D eigenvalue weighted by molar-refractivity contribution is 6.36. The molecule has 0 spiro atoms. The van der Waals surface area contributed by atoms with Crippen LogP contribution in [0.25, 0.3) is 0 Å². The number of rotatable bonds is 5. The third kappa shape index (κ3) is 4.75. The Balaban J connectivity index is 2.56. The molecule has 0 bridgehead atoms. The maximum atomic E-state index is 11.8. The van der Waals surface area contributed by atoms with Gasteiger partial charge < -0.3 is 4.74 Å². The molecule has 0 atom stereocenters. The van der Waals surface area contributed by atoms with E-state index in [1.165, 1.54) is 0 Å². The lowest BCUT2D eigenvalue weighted by atomic mass is 10.3. The molecule has 18 heavy (non-hydrogen) atoms. The highest BCUT2D eigenvalue weighted by Gasteiger charge is 2.27. The molecular formula is C9H7Cl2F3N2O2. The molecule has 1 rings (SSSR count). The van der Waals surface area contributed by atoms with E-state index in [9.17, 15) is 18.0 Å². The summed E-state index contributed by atoms with van der Waals surface area (Å²) >= 11 is 11.3. The maximum absolute atomic E-state index is 11.8. The Morgan fingerprint density at radius 1 is 1.22 bits per heavy atom. The molecule has 0 saturated carbocycles. The van der Waals surface area contributed by atoms with Gasteiger partial charge in [0, 0.05) is 6.42 Å². The van der Waals surface area contributed by atoms with Gasteiger partial charge in [0.15, 0.2) is 6.29 Å². The highest BCUT2D eigenvalue weighted by Crippen LogP contribution is 2.19. The van der Waals surface area contributed by atoms with Crippen LogP contribution >= 0.6 is 23.2 Å². The van der Waals surface area contributed by atoms with Crippen molar-refractivity contribution in [1.82, 2.24) is 9.97 Å². The van der Waals surface area contributed by atoms with Crippen LogP contribution in [0.2, 0.25) is 10.3 Å². The van der Waals surface area contributed by atoms with Crippen LogP contribution in [0.5, 0.6) is 0 Å². The maximum Gasteiger partial charge on any atom is 0.411 e. The molecule has 0 fully saturated rings. The van der Waals surface area contributed by atoms with E-state index < -0.39 is 12.8 Å². The second kappa shape index (κ2) is 6.31. The van der Waals surface area contributed by atoms with Crippen LogP contribution in [-0.2, 0) is 11.2 Å². The molecule has 0 N–H and O–H groups in total. The third-order valence-electron chi connectivity index (χ3n) is 1.75. The first-order valence-electron chi connectivity index (χ1n) is 4.65. The van der Waals surface area contributed by atoms with E-state index in [1.807, 2.05) is 0 Å². The van der Waals surface area contributed by atoms with Gasteiger partial charge in [-0.15, -0.1) is 0 Å². The fourth-order valence-electron chi connectivity index (χ4n) is 1.02. The van der Waals surface area contributed by atoms with Crippen molar-refractivity contribution < 1.29 is 22.7 Å². The van der Waals surface area contributed by atoms with Crippen LogP contribution in [0.4, 0.5) is 13.2 Å². The predicted molar refractivity (Wildman–Crippen MR) is 58.0 cm³/mol. The molecular weight excluding hydrogens is 296 g/mol. The van der Waals surface area contributed by atoms with Gasteiger partial charge in [0.05, 0.1) is 12.2 Å². The average molecular weight is 303 g/mol. The second-order valence-electron chi connectivity index (χ2n) is 3.17. The number of carbonyl (C=O) groups is 1. The van der Waals surface area contributed by atoms with Crippen LogP contribution in [0.3, 0.4) is 0 Å². The number of hydrogen-bond donors (Lipinski definition) is 0. The Hall–Kier alpha value is -0.920. The Morgan fingerprint density at radius 2 is 1.78 bits per heavy atom. The minimum atomic E-state index is -4.38. The largest absolute Gasteiger partial charge is 0.411 e. The van der Waals surface area contributed by atoms with Crippen LogP contribution in [0.15, 0.2) is 0 Å². The summed E-state index contributed by atoms with van der Waals surface area (Å²) in [5.41, 5.74) is -0.0571. The Kier molecular flexibility index (Phi) is 5.30. The van der Waals surface area contributed by atoms with E-state index in [-0.39, 0.29) is 34.7 Å². The van der Waals surface area contributed by atoms with E-state index in [4.69, 9.17) is 23.2 Å². The first-order valence-corrected chi connectivity index (χ1v) is 5.40. The zero-order chi connectivity index (χ0) is 13.8. The van der Waals surface area contributed by atoms with Crippen molar-refractivity contribution in [2.24, 2.45) is 0 Å². The molecule has 0 saturated heterocycles. The number of ether oxygens (including phenoxy) is 1. The molecule has 1 aromatic rings. The Bertz CT molecular complexity index is 417. The molecule has 100 valence electrons. The molecule has 1 heterocycles. The molecule has 0 aliphatic heterocycles.